The summed E-state index contributed by atoms with van der Waals surface area (Å²) in [7, 11) is 3.82. The third-order valence-corrected chi connectivity index (χ3v) is 7.80. The number of piperidine rings is 1. The molecule has 4 rings (SSSR count). The van der Waals surface area contributed by atoms with E-state index in [1.165, 1.54) is 10.9 Å². The summed E-state index contributed by atoms with van der Waals surface area (Å²) in [5.74, 6) is -0.162. The number of anilines is 1. The molecule has 2 aromatic carbocycles. The lowest BCUT2D eigenvalue weighted by atomic mass is 9.88. The number of aliphatic hydroxyl groups is 1. The fourth-order valence-electron chi connectivity index (χ4n) is 5.35. The fraction of sp³-hybridized carbons (Fsp3) is 0.484. The molecule has 2 amide bonds. The van der Waals surface area contributed by atoms with Crippen molar-refractivity contribution in [2.75, 3.05) is 45.6 Å². The van der Waals surface area contributed by atoms with Gasteiger partial charge in [-0.3, -0.25) is 19.0 Å². The number of hydrogen-bond acceptors (Lipinski definition) is 7. The molecule has 0 aliphatic carbocycles. The van der Waals surface area contributed by atoms with Crippen LogP contribution in [0.3, 0.4) is 0 Å². The third-order valence-electron chi connectivity index (χ3n) is 7.80. The van der Waals surface area contributed by atoms with Crippen molar-refractivity contribution in [3.8, 4) is 0 Å². The molecule has 3 aromatic rings. The first-order chi connectivity index (χ1) is 19.7. The second-order valence-corrected chi connectivity index (χ2v) is 11.4. The Bertz CT molecular complexity index is 1390. The maximum absolute atomic E-state index is 13.4. The highest BCUT2D eigenvalue weighted by Gasteiger charge is 2.36. The van der Waals surface area contributed by atoms with Crippen molar-refractivity contribution in [1.82, 2.24) is 19.4 Å². The van der Waals surface area contributed by atoms with Crippen molar-refractivity contribution < 1.29 is 14.7 Å². The van der Waals surface area contributed by atoms with Crippen LogP contribution >= 0.6 is 12.4 Å². The summed E-state index contributed by atoms with van der Waals surface area (Å²) >= 11 is 0. The molecule has 1 aliphatic heterocycles. The Hall–Kier alpha value is -3.31. The highest BCUT2D eigenvalue weighted by molar-refractivity contribution is 5.93. The lowest BCUT2D eigenvalue weighted by Gasteiger charge is -2.39. The second kappa shape index (κ2) is 15.2. The normalized spacial score (nSPS) is 15.3. The van der Waals surface area contributed by atoms with Crippen LogP contribution in [0.2, 0.25) is 0 Å². The topological polar surface area (TPSA) is 134 Å². The average molecular weight is 599 g/mol. The minimum atomic E-state index is -1.12. The van der Waals surface area contributed by atoms with Gasteiger partial charge in [-0.2, -0.15) is 0 Å². The predicted molar refractivity (Wildman–Crippen MR) is 168 cm³/mol. The van der Waals surface area contributed by atoms with E-state index in [0.717, 1.165) is 18.4 Å². The van der Waals surface area contributed by atoms with E-state index < -0.39 is 5.60 Å². The second-order valence-electron chi connectivity index (χ2n) is 11.4. The third kappa shape index (κ3) is 8.84. The average Bonchev–Trinajstić information content (AvgIpc) is 2.96. The Morgan fingerprint density at radius 1 is 1.14 bits per heavy atom. The molecule has 10 nitrogen and oxygen atoms in total. The number of carbonyl (C=O) groups excluding carboxylic acids is 2. The largest absolute Gasteiger partial charge is 0.388 e. The van der Waals surface area contributed by atoms with Gasteiger partial charge in [0.2, 0.25) is 11.8 Å². The summed E-state index contributed by atoms with van der Waals surface area (Å²) in [5.41, 5.74) is 6.55. The van der Waals surface area contributed by atoms with Crippen molar-refractivity contribution in [3.63, 3.8) is 0 Å². The molecule has 0 radical (unpaired) electrons. The summed E-state index contributed by atoms with van der Waals surface area (Å²) in [6.45, 7) is 2.13. The minimum Gasteiger partial charge on any atom is -0.388 e. The van der Waals surface area contributed by atoms with Crippen LogP contribution in [0, 0.1) is 5.92 Å². The SMILES string of the molecule is CN(C)CCC(=O)Nc1ccc2c(=O)n(CC3(O)CCN(C(=O)C(CCCN)Cc4ccccc4)CC3)cnc2c1.Cl. The summed E-state index contributed by atoms with van der Waals surface area (Å²) in [5, 5.41) is 14.6. The van der Waals surface area contributed by atoms with Crippen molar-refractivity contribution in [2.45, 2.75) is 50.7 Å². The van der Waals surface area contributed by atoms with Crippen LogP contribution in [0.4, 0.5) is 5.69 Å². The molecule has 4 N–H and O–H groups in total. The van der Waals surface area contributed by atoms with E-state index in [1.54, 1.807) is 18.2 Å². The molecule has 1 unspecified atom stereocenters. The molecular formula is C31H43ClN6O4. The zero-order valence-electron chi connectivity index (χ0n) is 24.5. The van der Waals surface area contributed by atoms with E-state index in [4.69, 9.17) is 5.73 Å². The van der Waals surface area contributed by atoms with Crippen molar-refractivity contribution in [2.24, 2.45) is 11.7 Å². The number of likely N-dealkylation sites (tertiary alicyclic amines) is 1. The Morgan fingerprint density at radius 2 is 1.86 bits per heavy atom. The fourth-order valence-corrected chi connectivity index (χ4v) is 5.35. The zero-order valence-corrected chi connectivity index (χ0v) is 25.3. The van der Waals surface area contributed by atoms with Crippen LogP contribution in [-0.4, -0.2) is 82.1 Å². The Kier molecular flexibility index (Phi) is 12.0. The number of hydrogen-bond donors (Lipinski definition) is 3. The van der Waals surface area contributed by atoms with Gasteiger partial charge in [0.05, 0.1) is 29.4 Å². The van der Waals surface area contributed by atoms with Crippen molar-refractivity contribution >= 4 is 40.8 Å². The molecule has 1 atom stereocenters. The molecular weight excluding hydrogens is 556 g/mol. The number of carbonyl (C=O) groups is 2. The molecule has 0 bridgehead atoms. The molecule has 42 heavy (non-hydrogen) atoms. The summed E-state index contributed by atoms with van der Waals surface area (Å²) in [6.07, 6.45) is 4.73. The quantitative estimate of drug-likeness (QED) is 0.292. The molecule has 2 heterocycles. The number of halogens is 1. The molecule has 1 saturated heterocycles. The standard InChI is InChI=1S/C31H42N6O4.ClH/c1-35(2)16-12-28(38)34-25-10-11-26-27(20-25)33-22-37(30(26)40)21-31(41)13-17-36(18-14-31)29(39)24(9-6-15-32)19-23-7-4-3-5-8-23;/h3-5,7-8,10-11,20,22,24,41H,6,9,12-19,21,32H2,1-2H3,(H,34,38);1H. The highest BCUT2D eigenvalue weighted by Crippen LogP contribution is 2.27. The number of amides is 2. The summed E-state index contributed by atoms with van der Waals surface area (Å²) in [6, 6.07) is 15.0. The highest BCUT2D eigenvalue weighted by atomic mass is 35.5. The first-order valence-corrected chi connectivity index (χ1v) is 14.4. The van der Waals surface area contributed by atoms with E-state index in [-0.39, 0.29) is 42.2 Å². The minimum absolute atomic E-state index is 0. The van der Waals surface area contributed by atoms with E-state index in [0.29, 0.717) is 68.5 Å². The van der Waals surface area contributed by atoms with Crippen molar-refractivity contribution in [1.29, 1.82) is 0 Å². The van der Waals surface area contributed by atoms with Gasteiger partial charge in [0.1, 0.15) is 0 Å². The number of fused-ring (bicyclic) bond motifs is 1. The molecule has 11 heteroatoms. The number of aromatic nitrogens is 2. The molecule has 1 fully saturated rings. The van der Waals surface area contributed by atoms with Gasteiger partial charge in [0.25, 0.3) is 5.56 Å². The van der Waals surface area contributed by atoms with Crippen molar-refractivity contribution in [3.05, 3.63) is 70.8 Å². The molecule has 1 aliphatic rings. The maximum atomic E-state index is 13.4. The lowest BCUT2D eigenvalue weighted by Crippen LogP contribution is -2.51. The first kappa shape index (κ1) is 33.2. The maximum Gasteiger partial charge on any atom is 0.261 e. The van der Waals surface area contributed by atoms with E-state index in [2.05, 4.69) is 10.3 Å². The van der Waals surface area contributed by atoms with Gasteiger partial charge in [-0.15, -0.1) is 12.4 Å². The van der Waals surface area contributed by atoms with Crippen LogP contribution < -0.4 is 16.6 Å². The van der Waals surface area contributed by atoms with Crippen LogP contribution in [0.25, 0.3) is 10.9 Å². The Morgan fingerprint density at radius 3 is 2.52 bits per heavy atom. The molecule has 0 spiro atoms. The number of nitrogens with zero attached hydrogens (tertiary/aromatic N) is 4. The molecule has 228 valence electrons. The van der Waals surface area contributed by atoms with Gasteiger partial charge >= 0.3 is 0 Å². The monoisotopic (exact) mass is 598 g/mol. The molecule has 1 aromatic heterocycles. The van der Waals surface area contributed by atoms with E-state index in [9.17, 15) is 19.5 Å². The number of rotatable bonds is 12. The Labute approximate surface area is 253 Å². The van der Waals surface area contributed by atoms with E-state index >= 15 is 0 Å². The van der Waals surface area contributed by atoms with Gasteiger partial charge < -0.3 is 26.0 Å². The van der Waals surface area contributed by atoms with Crippen LogP contribution in [-0.2, 0) is 22.6 Å². The van der Waals surface area contributed by atoms with Gasteiger partial charge in [0.15, 0.2) is 0 Å². The van der Waals surface area contributed by atoms with E-state index in [1.807, 2.05) is 54.2 Å². The van der Waals surface area contributed by atoms with Gasteiger partial charge in [-0.1, -0.05) is 30.3 Å². The Balaban J connectivity index is 0.00000484. The number of benzene rings is 2. The summed E-state index contributed by atoms with van der Waals surface area (Å²) in [4.78, 5) is 47.1. The lowest BCUT2D eigenvalue weighted by molar-refractivity contribution is -0.140. The zero-order chi connectivity index (χ0) is 29.4. The predicted octanol–water partition coefficient (Wildman–Crippen LogP) is 2.66. The van der Waals surface area contributed by atoms with Crippen LogP contribution in [0.15, 0.2) is 59.7 Å². The van der Waals surface area contributed by atoms with Crippen LogP contribution in [0.1, 0.15) is 37.7 Å². The summed E-state index contributed by atoms with van der Waals surface area (Å²) < 4.78 is 1.44. The van der Waals surface area contributed by atoms with Gasteiger partial charge in [-0.25, -0.2) is 4.98 Å². The number of nitrogens with one attached hydrogen (secondary N) is 1. The number of nitrogens with two attached hydrogens (primary N) is 1. The van der Waals surface area contributed by atoms with Gasteiger partial charge in [0, 0.05) is 37.7 Å². The smallest absolute Gasteiger partial charge is 0.261 e. The molecule has 0 saturated carbocycles. The van der Waals surface area contributed by atoms with Gasteiger partial charge in [-0.05, 0) is 76.5 Å². The first-order valence-electron chi connectivity index (χ1n) is 14.4. The van der Waals surface area contributed by atoms with Crippen LogP contribution in [0.5, 0.6) is 0 Å².